The number of ether oxygens (including phenoxy) is 2. The lowest BCUT2D eigenvalue weighted by atomic mass is 10.2. The SMILES string of the molecule is CCNC(=S)NNC(=O)c1ccc(OC(C)C)c(OC)c1. The minimum Gasteiger partial charge on any atom is -0.493 e. The second-order valence-electron chi connectivity index (χ2n) is 4.47. The van der Waals surface area contributed by atoms with Gasteiger partial charge in [0, 0.05) is 12.1 Å². The monoisotopic (exact) mass is 311 g/mol. The van der Waals surface area contributed by atoms with Crippen LogP contribution in [0.4, 0.5) is 0 Å². The summed E-state index contributed by atoms with van der Waals surface area (Å²) in [6, 6.07) is 4.98. The summed E-state index contributed by atoms with van der Waals surface area (Å²) < 4.78 is 10.8. The van der Waals surface area contributed by atoms with E-state index in [1.807, 2.05) is 20.8 Å². The molecule has 0 aliphatic carbocycles. The van der Waals surface area contributed by atoms with Gasteiger partial charge in [-0.3, -0.25) is 15.6 Å². The second-order valence-corrected chi connectivity index (χ2v) is 4.88. The van der Waals surface area contributed by atoms with E-state index < -0.39 is 0 Å². The van der Waals surface area contributed by atoms with Crippen molar-refractivity contribution in [1.82, 2.24) is 16.2 Å². The molecular formula is C14H21N3O3S. The summed E-state index contributed by atoms with van der Waals surface area (Å²) >= 11 is 4.96. The number of hydrogen-bond acceptors (Lipinski definition) is 4. The van der Waals surface area contributed by atoms with E-state index in [1.54, 1.807) is 18.2 Å². The van der Waals surface area contributed by atoms with E-state index in [1.165, 1.54) is 7.11 Å². The third-order valence-electron chi connectivity index (χ3n) is 2.42. The van der Waals surface area contributed by atoms with Crippen molar-refractivity contribution < 1.29 is 14.3 Å². The quantitative estimate of drug-likeness (QED) is 0.567. The molecule has 0 aromatic heterocycles. The fourth-order valence-corrected chi connectivity index (χ4v) is 1.75. The lowest BCUT2D eigenvalue weighted by molar-refractivity contribution is 0.0943. The van der Waals surface area contributed by atoms with Crippen molar-refractivity contribution in [3.05, 3.63) is 23.8 Å². The van der Waals surface area contributed by atoms with Crippen molar-refractivity contribution in [2.75, 3.05) is 13.7 Å². The Kier molecular flexibility index (Phi) is 6.74. The van der Waals surface area contributed by atoms with Crippen LogP contribution < -0.4 is 25.6 Å². The summed E-state index contributed by atoms with van der Waals surface area (Å²) in [5.41, 5.74) is 5.56. The van der Waals surface area contributed by atoms with Crippen LogP contribution >= 0.6 is 12.2 Å². The molecule has 116 valence electrons. The second kappa shape index (κ2) is 8.31. The first-order valence-electron chi connectivity index (χ1n) is 6.66. The molecule has 1 rings (SSSR count). The van der Waals surface area contributed by atoms with E-state index >= 15 is 0 Å². The molecule has 0 bridgehead atoms. The van der Waals surface area contributed by atoms with Crippen LogP contribution in [0.5, 0.6) is 11.5 Å². The molecule has 0 aliphatic heterocycles. The molecule has 0 spiro atoms. The lowest BCUT2D eigenvalue weighted by Crippen LogP contribution is -2.46. The molecule has 6 nitrogen and oxygen atoms in total. The van der Waals surface area contributed by atoms with Gasteiger partial charge in [0.15, 0.2) is 16.6 Å². The number of rotatable bonds is 5. The van der Waals surface area contributed by atoms with Gasteiger partial charge >= 0.3 is 0 Å². The number of carbonyl (C=O) groups excluding carboxylic acids is 1. The molecule has 7 heteroatoms. The first-order chi connectivity index (χ1) is 9.97. The Morgan fingerprint density at radius 2 is 2.00 bits per heavy atom. The van der Waals surface area contributed by atoms with Crippen LogP contribution in [0.3, 0.4) is 0 Å². The normalized spacial score (nSPS) is 9.95. The molecular weight excluding hydrogens is 290 g/mol. The predicted molar refractivity (Wildman–Crippen MR) is 85.6 cm³/mol. The molecule has 0 radical (unpaired) electrons. The Morgan fingerprint density at radius 3 is 2.57 bits per heavy atom. The maximum Gasteiger partial charge on any atom is 0.269 e. The molecule has 1 aromatic carbocycles. The Morgan fingerprint density at radius 1 is 1.29 bits per heavy atom. The largest absolute Gasteiger partial charge is 0.493 e. The molecule has 3 N–H and O–H groups in total. The Bertz CT molecular complexity index is 506. The highest BCUT2D eigenvalue weighted by molar-refractivity contribution is 7.80. The molecule has 1 aromatic rings. The number of nitrogens with one attached hydrogen (secondary N) is 3. The number of thiocarbonyl (C=S) groups is 1. The maximum atomic E-state index is 12.0. The molecule has 0 unspecified atom stereocenters. The topological polar surface area (TPSA) is 71.6 Å². The van der Waals surface area contributed by atoms with Gasteiger partial charge in [-0.15, -0.1) is 0 Å². The van der Waals surface area contributed by atoms with Crippen molar-refractivity contribution in [1.29, 1.82) is 0 Å². The van der Waals surface area contributed by atoms with Crippen molar-refractivity contribution >= 4 is 23.2 Å². The number of carbonyl (C=O) groups is 1. The zero-order valence-electron chi connectivity index (χ0n) is 12.6. The first kappa shape index (κ1) is 17.0. The average molecular weight is 311 g/mol. The van der Waals surface area contributed by atoms with E-state index in [0.29, 0.717) is 28.7 Å². The van der Waals surface area contributed by atoms with Gasteiger partial charge in [-0.05, 0) is 51.2 Å². The van der Waals surface area contributed by atoms with Crippen LogP contribution in [-0.2, 0) is 0 Å². The third kappa shape index (κ3) is 5.47. The van der Waals surface area contributed by atoms with E-state index in [-0.39, 0.29) is 12.0 Å². The number of amides is 1. The van der Waals surface area contributed by atoms with Crippen LogP contribution in [0.25, 0.3) is 0 Å². The van der Waals surface area contributed by atoms with Gasteiger partial charge in [0.25, 0.3) is 5.91 Å². The number of hydrazine groups is 1. The molecule has 0 aliphatic rings. The first-order valence-corrected chi connectivity index (χ1v) is 7.07. The predicted octanol–water partition coefficient (Wildman–Crippen LogP) is 1.61. The zero-order valence-corrected chi connectivity index (χ0v) is 13.5. The van der Waals surface area contributed by atoms with E-state index in [9.17, 15) is 4.79 Å². The zero-order chi connectivity index (χ0) is 15.8. The van der Waals surface area contributed by atoms with Gasteiger partial charge in [0.2, 0.25) is 0 Å². The van der Waals surface area contributed by atoms with Crippen LogP contribution in [0.15, 0.2) is 18.2 Å². The number of methoxy groups -OCH3 is 1. The van der Waals surface area contributed by atoms with Crippen LogP contribution in [-0.4, -0.2) is 30.8 Å². The summed E-state index contributed by atoms with van der Waals surface area (Å²) in [4.78, 5) is 12.0. The van der Waals surface area contributed by atoms with Gasteiger partial charge in [0.1, 0.15) is 0 Å². The highest BCUT2D eigenvalue weighted by Crippen LogP contribution is 2.28. The lowest BCUT2D eigenvalue weighted by Gasteiger charge is -2.15. The molecule has 21 heavy (non-hydrogen) atoms. The fraction of sp³-hybridized carbons (Fsp3) is 0.429. The van der Waals surface area contributed by atoms with Crippen LogP contribution in [0, 0.1) is 0 Å². The van der Waals surface area contributed by atoms with E-state index in [2.05, 4.69) is 16.2 Å². The highest BCUT2D eigenvalue weighted by atomic mass is 32.1. The van der Waals surface area contributed by atoms with Crippen molar-refractivity contribution in [2.45, 2.75) is 26.9 Å². The minimum atomic E-state index is -0.315. The summed E-state index contributed by atoms with van der Waals surface area (Å²) in [5.74, 6) is 0.787. The van der Waals surface area contributed by atoms with Crippen molar-refractivity contribution in [3.8, 4) is 11.5 Å². The molecule has 1 amide bonds. The Labute approximate surface area is 130 Å². The van der Waals surface area contributed by atoms with Gasteiger partial charge in [0.05, 0.1) is 13.2 Å². The van der Waals surface area contributed by atoms with Gasteiger partial charge in [-0.1, -0.05) is 0 Å². The van der Waals surface area contributed by atoms with Crippen molar-refractivity contribution in [2.24, 2.45) is 0 Å². The smallest absolute Gasteiger partial charge is 0.269 e. The maximum absolute atomic E-state index is 12.0. The standard InChI is InChI=1S/C14H21N3O3S/c1-5-15-14(21)17-16-13(18)10-6-7-11(20-9(2)3)12(8-10)19-4/h6-9H,5H2,1-4H3,(H,16,18)(H2,15,17,21). The van der Waals surface area contributed by atoms with Gasteiger partial charge in [-0.2, -0.15) is 0 Å². The molecule has 0 atom stereocenters. The summed E-state index contributed by atoms with van der Waals surface area (Å²) in [5, 5.41) is 3.23. The summed E-state index contributed by atoms with van der Waals surface area (Å²) in [6.07, 6.45) is 0.0257. The van der Waals surface area contributed by atoms with Crippen LogP contribution in [0.1, 0.15) is 31.1 Å². The average Bonchev–Trinajstić information content (AvgIpc) is 2.45. The molecule has 0 saturated carbocycles. The molecule has 0 heterocycles. The summed E-state index contributed by atoms with van der Waals surface area (Å²) in [7, 11) is 1.53. The van der Waals surface area contributed by atoms with Crippen LogP contribution in [0.2, 0.25) is 0 Å². The Balaban J connectivity index is 2.74. The fourth-order valence-electron chi connectivity index (χ4n) is 1.55. The van der Waals surface area contributed by atoms with Gasteiger partial charge in [-0.25, -0.2) is 0 Å². The Hall–Kier alpha value is -2.02. The van der Waals surface area contributed by atoms with Crippen molar-refractivity contribution in [3.63, 3.8) is 0 Å². The number of hydrogen-bond donors (Lipinski definition) is 3. The molecule has 0 saturated heterocycles. The van der Waals surface area contributed by atoms with E-state index in [0.717, 1.165) is 0 Å². The number of benzene rings is 1. The van der Waals surface area contributed by atoms with E-state index in [4.69, 9.17) is 21.7 Å². The molecule has 0 fully saturated rings. The van der Waals surface area contributed by atoms with Gasteiger partial charge < -0.3 is 14.8 Å². The summed E-state index contributed by atoms with van der Waals surface area (Å²) in [6.45, 7) is 6.43. The minimum absolute atomic E-state index is 0.0257. The third-order valence-corrected chi connectivity index (χ3v) is 2.66. The highest BCUT2D eigenvalue weighted by Gasteiger charge is 2.12.